The van der Waals surface area contributed by atoms with Gasteiger partial charge in [0.05, 0.1) is 11.0 Å². The summed E-state index contributed by atoms with van der Waals surface area (Å²) in [5.74, 6) is 1.34. The molecule has 0 saturated heterocycles. The summed E-state index contributed by atoms with van der Waals surface area (Å²) >= 11 is 0. The quantitative estimate of drug-likeness (QED) is 0.723. The van der Waals surface area contributed by atoms with Gasteiger partial charge in [0.25, 0.3) is 0 Å². The van der Waals surface area contributed by atoms with Crippen molar-refractivity contribution in [2.45, 2.75) is 38.5 Å². The molecule has 1 fully saturated rings. The Morgan fingerprint density at radius 1 is 1.04 bits per heavy atom. The van der Waals surface area contributed by atoms with Crippen LogP contribution in [-0.2, 0) is 17.6 Å². The Morgan fingerprint density at radius 2 is 1.80 bits per heavy atom. The first-order valence-corrected chi connectivity index (χ1v) is 9.12. The molecule has 0 aliphatic heterocycles. The number of imidazole rings is 1. The number of aromatic nitrogens is 2. The van der Waals surface area contributed by atoms with Gasteiger partial charge in [-0.05, 0) is 43.0 Å². The lowest BCUT2D eigenvalue weighted by Crippen LogP contribution is -2.21. The van der Waals surface area contributed by atoms with E-state index in [9.17, 15) is 4.79 Å². The van der Waals surface area contributed by atoms with E-state index in [1.54, 1.807) is 0 Å². The van der Waals surface area contributed by atoms with Crippen LogP contribution in [0.5, 0.6) is 0 Å². The van der Waals surface area contributed by atoms with Gasteiger partial charge < -0.3 is 10.3 Å². The van der Waals surface area contributed by atoms with E-state index in [4.69, 9.17) is 0 Å². The molecule has 1 heterocycles. The minimum absolute atomic E-state index is 0.175. The number of hydrogen-bond donors (Lipinski definition) is 2. The van der Waals surface area contributed by atoms with Crippen molar-refractivity contribution >= 4 is 22.6 Å². The third-order valence-electron chi connectivity index (χ3n) is 5.07. The van der Waals surface area contributed by atoms with Crippen LogP contribution in [-0.4, -0.2) is 15.9 Å². The number of aromatic amines is 1. The number of rotatable bonds is 5. The first kappa shape index (κ1) is 15.9. The monoisotopic (exact) mass is 333 g/mol. The van der Waals surface area contributed by atoms with Crippen LogP contribution in [0.4, 0.5) is 5.69 Å². The number of carbonyl (C=O) groups excluding carboxylic acids is 1. The standard InChI is InChI=1S/C21H23N3O/c25-21(16-8-1-2-9-16)24-17-10-4-3-7-15(17)13-14-20-22-18-11-5-6-12-19(18)23-20/h3-7,10-12,16H,1-2,8-9,13-14H2,(H,22,23)(H,24,25). The van der Waals surface area contributed by atoms with Gasteiger partial charge in [-0.2, -0.15) is 0 Å². The van der Waals surface area contributed by atoms with E-state index in [2.05, 4.69) is 21.4 Å². The summed E-state index contributed by atoms with van der Waals surface area (Å²) in [4.78, 5) is 20.4. The minimum Gasteiger partial charge on any atom is -0.342 e. The summed E-state index contributed by atoms with van der Waals surface area (Å²) in [6.45, 7) is 0. The Bertz CT molecular complexity index is 844. The van der Waals surface area contributed by atoms with Gasteiger partial charge in [-0.15, -0.1) is 0 Å². The maximum absolute atomic E-state index is 12.4. The first-order valence-electron chi connectivity index (χ1n) is 9.12. The van der Waals surface area contributed by atoms with Gasteiger partial charge in [0, 0.05) is 18.0 Å². The topological polar surface area (TPSA) is 57.8 Å². The zero-order valence-electron chi connectivity index (χ0n) is 14.3. The number of aryl methyl sites for hydroxylation is 2. The predicted molar refractivity (Wildman–Crippen MR) is 101 cm³/mol. The Morgan fingerprint density at radius 3 is 2.64 bits per heavy atom. The number of nitrogens with zero attached hydrogens (tertiary/aromatic N) is 1. The molecule has 25 heavy (non-hydrogen) atoms. The van der Waals surface area contributed by atoms with E-state index in [0.29, 0.717) is 0 Å². The van der Waals surface area contributed by atoms with Crippen molar-refractivity contribution < 1.29 is 4.79 Å². The fraction of sp³-hybridized carbons (Fsp3) is 0.333. The molecule has 0 unspecified atom stereocenters. The van der Waals surface area contributed by atoms with Gasteiger partial charge >= 0.3 is 0 Å². The average molecular weight is 333 g/mol. The largest absolute Gasteiger partial charge is 0.342 e. The molecule has 0 atom stereocenters. The molecule has 2 aromatic carbocycles. The Kier molecular flexibility index (Phi) is 4.51. The highest BCUT2D eigenvalue weighted by Gasteiger charge is 2.23. The van der Waals surface area contributed by atoms with Crippen LogP contribution in [0.25, 0.3) is 11.0 Å². The molecule has 1 aromatic heterocycles. The lowest BCUT2D eigenvalue weighted by molar-refractivity contribution is -0.119. The predicted octanol–water partition coefficient (Wildman–Crippen LogP) is 4.48. The number of anilines is 1. The number of nitrogens with one attached hydrogen (secondary N) is 2. The fourth-order valence-electron chi connectivity index (χ4n) is 3.66. The van der Waals surface area contributed by atoms with E-state index in [-0.39, 0.29) is 11.8 Å². The molecule has 128 valence electrons. The molecule has 0 spiro atoms. The van der Waals surface area contributed by atoms with Gasteiger partial charge in [0.15, 0.2) is 0 Å². The smallest absolute Gasteiger partial charge is 0.227 e. The van der Waals surface area contributed by atoms with Gasteiger partial charge in [0.1, 0.15) is 5.82 Å². The molecule has 2 N–H and O–H groups in total. The molecule has 1 aliphatic carbocycles. The number of benzene rings is 2. The van der Waals surface area contributed by atoms with Gasteiger partial charge in [-0.25, -0.2) is 4.98 Å². The second-order valence-corrected chi connectivity index (χ2v) is 6.83. The summed E-state index contributed by atoms with van der Waals surface area (Å²) in [6.07, 6.45) is 6.06. The van der Waals surface area contributed by atoms with Crippen molar-refractivity contribution in [1.29, 1.82) is 0 Å². The zero-order chi connectivity index (χ0) is 17.1. The average Bonchev–Trinajstić information content (AvgIpc) is 3.30. The summed E-state index contributed by atoms with van der Waals surface area (Å²) in [6, 6.07) is 16.2. The molecule has 1 aliphatic rings. The van der Waals surface area contributed by atoms with Crippen molar-refractivity contribution in [3.05, 3.63) is 59.9 Å². The van der Waals surface area contributed by atoms with E-state index < -0.39 is 0 Å². The van der Waals surface area contributed by atoms with Gasteiger partial charge in [-0.1, -0.05) is 43.2 Å². The molecule has 4 nitrogen and oxygen atoms in total. The first-order chi connectivity index (χ1) is 12.3. The van der Waals surface area contributed by atoms with Crippen LogP contribution in [0, 0.1) is 5.92 Å². The van der Waals surface area contributed by atoms with Crippen molar-refractivity contribution in [2.75, 3.05) is 5.32 Å². The van der Waals surface area contributed by atoms with Crippen LogP contribution in [0.15, 0.2) is 48.5 Å². The van der Waals surface area contributed by atoms with Crippen molar-refractivity contribution in [3.63, 3.8) is 0 Å². The van der Waals surface area contributed by atoms with E-state index in [0.717, 1.165) is 53.8 Å². The summed E-state index contributed by atoms with van der Waals surface area (Å²) < 4.78 is 0. The Hall–Kier alpha value is -2.62. The van der Waals surface area contributed by atoms with E-state index in [1.807, 2.05) is 42.5 Å². The van der Waals surface area contributed by atoms with Crippen molar-refractivity contribution in [2.24, 2.45) is 5.92 Å². The molecule has 0 bridgehead atoms. The molecular formula is C21H23N3O. The summed E-state index contributed by atoms with van der Waals surface area (Å²) in [7, 11) is 0. The third-order valence-corrected chi connectivity index (χ3v) is 5.07. The molecule has 1 saturated carbocycles. The number of H-pyrrole nitrogens is 1. The van der Waals surface area contributed by atoms with Gasteiger partial charge in [-0.3, -0.25) is 4.79 Å². The van der Waals surface area contributed by atoms with E-state index >= 15 is 0 Å². The fourth-order valence-corrected chi connectivity index (χ4v) is 3.66. The maximum atomic E-state index is 12.4. The lowest BCUT2D eigenvalue weighted by atomic mass is 10.0. The van der Waals surface area contributed by atoms with Gasteiger partial charge in [0.2, 0.25) is 5.91 Å². The van der Waals surface area contributed by atoms with E-state index in [1.165, 1.54) is 12.8 Å². The number of fused-ring (bicyclic) bond motifs is 1. The molecule has 1 amide bonds. The molecule has 4 rings (SSSR count). The number of hydrogen-bond acceptors (Lipinski definition) is 2. The highest BCUT2D eigenvalue weighted by Crippen LogP contribution is 2.27. The third kappa shape index (κ3) is 3.58. The van der Waals surface area contributed by atoms with Crippen molar-refractivity contribution in [1.82, 2.24) is 9.97 Å². The summed E-state index contributed by atoms with van der Waals surface area (Å²) in [5, 5.41) is 3.15. The second-order valence-electron chi connectivity index (χ2n) is 6.83. The zero-order valence-corrected chi connectivity index (χ0v) is 14.3. The Labute approximate surface area is 147 Å². The van der Waals surface area contributed by atoms with Crippen LogP contribution in [0.2, 0.25) is 0 Å². The summed E-state index contributed by atoms with van der Waals surface area (Å²) in [5.41, 5.74) is 4.17. The molecular weight excluding hydrogens is 310 g/mol. The molecule has 3 aromatic rings. The maximum Gasteiger partial charge on any atom is 0.227 e. The molecule has 4 heteroatoms. The lowest BCUT2D eigenvalue weighted by Gasteiger charge is -2.13. The highest BCUT2D eigenvalue weighted by molar-refractivity contribution is 5.93. The highest BCUT2D eigenvalue weighted by atomic mass is 16.1. The second kappa shape index (κ2) is 7.09. The van der Waals surface area contributed by atoms with Crippen molar-refractivity contribution in [3.8, 4) is 0 Å². The number of amides is 1. The van der Waals surface area contributed by atoms with Crippen LogP contribution < -0.4 is 5.32 Å². The number of carbonyl (C=O) groups is 1. The SMILES string of the molecule is O=C(Nc1ccccc1CCc1nc2ccccc2[nH]1)C1CCCC1. The van der Waals surface area contributed by atoms with Crippen LogP contribution >= 0.6 is 0 Å². The molecule has 0 radical (unpaired) electrons. The van der Waals surface area contributed by atoms with Crippen LogP contribution in [0.1, 0.15) is 37.1 Å². The Balaban J connectivity index is 1.45. The number of para-hydroxylation sites is 3. The minimum atomic E-state index is 0.175. The van der Waals surface area contributed by atoms with Crippen LogP contribution in [0.3, 0.4) is 0 Å². The normalized spacial score (nSPS) is 14.9.